The van der Waals surface area contributed by atoms with Crippen molar-refractivity contribution in [2.24, 2.45) is 0 Å². The van der Waals surface area contributed by atoms with Gasteiger partial charge in [-0.2, -0.15) is 0 Å². The Balaban J connectivity index is 2.09. The maximum Gasteiger partial charge on any atom is 0.261 e. The fourth-order valence-electron chi connectivity index (χ4n) is 2.87. The third-order valence-electron chi connectivity index (χ3n) is 4.50. The van der Waals surface area contributed by atoms with Gasteiger partial charge in [-0.3, -0.25) is 4.72 Å². The summed E-state index contributed by atoms with van der Waals surface area (Å²) in [5.41, 5.74) is 4.09. The highest BCUT2D eigenvalue weighted by Gasteiger charge is 2.18. The highest BCUT2D eigenvalue weighted by atomic mass is 32.2. The predicted octanol–water partition coefficient (Wildman–Crippen LogP) is 5.57. The van der Waals surface area contributed by atoms with Gasteiger partial charge in [-0.1, -0.05) is 68.6 Å². The summed E-state index contributed by atoms with van der Waals surface area (Å²) in [7, 11) is -3.69. The maximum atomic E-state index is 12.7. The van der Waals surface area contributed by atoms with E-state index in [1.807, 2.05) is 44.2 Å². The summed E-state index contributed by atoms with van der Waals surface area (Å²) < 4.78 is 28.0. The zero-order valence-electron chi connectivity index (χ0n) is 16.2. The molecule has 0 aliphatic heterocycles. The van der Waals surface area contributed by atoms with Gasteiger partial charge in [0.15, 0.2) is 0 Å². The highest BCUT2D eigenvalue weighted by Crippen LogP contribution is 2.25. The first-order valence-corrected chi connectivity index (χ1v) is 10.4. The number of hydrogen-bond acceptors (Lipinski definition) is 2. The summed E-state index contributed by atoms with van der Waals surface area (Å²) in [4.78, 5) is 0.221. The minimum atomic E-state index is -3.69. The third-order valence-corrected chi connectivity index (χ3v) is 5.89. The zero-order valence-corrected chi connectivity index (χ0v) is 17.0. The molecule has 0 aliphatic rings. The highest BCUT2D eigenvalue weighted by molar-refractivity contribution is 7.89. The number of sulfonamides is 1. The first-order chi connectivity index (χ1) is 12.7. The molecule has 3 nitrogen and oxygen atoms in total. The van der Waals surface area contributed by atoms with Gasteiger partial charge in [-0.25, -0.2) is 8.42 Å². The largest absolute Gasteiger partial charge is 0.280 e. The predicted molar refractivity (Wildman–Crippen MR) is 114 cm³/mol. The molecule has 0 heterocycles. The molecule has 2 rings (SSSR count). The van der Waals surface area contributed by atoms with Crippen molar-refractivity contribution >= 4 is 16.1 Å². The summed E-state index contributed by atoms with van der Waals surface area (Å²) in [5.74, 6) is 0.224. The van der Waals surface area contributed by atoms with Crippen LogP contribution in [0.15, 0.2) is 83.9 Å². The minimum absolute atomic E-state index is 0.221. The van der Waals surface area contributed by atoms with E-state index in [0.29, 0.717) is 17.7 Å². The van der Waals surface area contributed by atoms with Crippen LogP contribution in [0.3, 0.4) is 0 Å². The number of rotatable bonds is 8. The van der Waals surface area contributed by atoms with Crippen LogP contribution >= 0.6 is 0 Å². The summed E-state index contributed by atoms with van der Waals surface area (Å²) >= 11 is 0. The molecule has 0 fully saturated rings. The van der Waals surface area contributed by atoms with E-state index in [4.69, 9.17) is 0 Å². The molecule has 1 unspecified atom stereocenters. The van der Waals surface area contributed by atoms with Gasteiger partial charge in [0.1, 0.15) is 0 Å². The van der Waals surface area contributed by atoms with Gasteiger partial charge >= 0.3 is 0 Å². The lowest BCUT2D eigenvalue weighted by molar-refractivity contribution is 0.588. The fourth-order valence-corrected chi connectivity index (χ4v) is 4.03. The van der Waals surface area contributed by atoms with Crippen LogP contribution in [0.1, 0.15) is 42.9 Å². The topological polar surface area (TPSA) is 46.2 Å². The fraction of sp³-hybridized carbons (Fsp3) is 0.217. The molecule has 0 aromatic heterocycles. The van der Waals surface area contributed by atoms with Gasteiger partial charge < -0.3 is 0 Å². The summed E-state index contributed by atoms with van der Waals surface area (Å²) in [6, 6.07) is 15.1. The lowest BCUT2D eigenvalue weighted by Crippen LogP contribution is -2.24. The Morgan fingerprint density at radius 1 is 1.15 bits per heavy atom. The Labute approximate surface area is 163 Å². The Morgan fingerprint density at radius 3 is 2.41 bits per heavy atom. The molecule has 4 heteroatoms. The summed E-state index contributed by atoms with van der Waals surface area (Å²) in [6.07, 6.45) is 4.50. The quantitative estimate of drug-likeness (QED) is 0.608. The molecule has 1 N–H and O–H groups in total. The van der Waals surface area contributed by atoms with Gasteiger partial charge in [0, 0.05) is 5.70 Å². The van der Waals surface area contributed by atoms with Crippen molar-refractivity contribution in [1.29, 1.82) is 0 Å². The van der Waals surface area contributed by atoms with Crippen LogP contribution in [0.5, 0.6) is 0 Å². The van der Waals surface area contributed by atoms with Crippen LogP contribution in [-0.4, -0.2) is 8.42 Å². The maximum absolute atomic E-state index is 12.7. The molecule has 0 spiro atoms. The van der Waals surface area contributed by atoms with Crippen LogP contribution < -0.4 is 4.72 Å². The van der Waals surface area contributed by atoms with E-state index in [1.165, 1.54) is 5.56 Å². The van der Waals surface area contributed by atoms with Crippen molar-refractivity contribution in [3.05, 3.63) is 95.7 Å². The molecule has 2 aromatic carbocycles. The van der Waals surface area contributed by atoms with Gasteiger partial charge in [0.2, 0.25) is 0 Å². The SMILES string of the molecule is C=C(CC(C)c1ccccc1)C(=C)NS(=O)(=O)c1ccc(C=CC)c(C)c1. The summed E-state index contributed by atoms with van der Waals surface area (Å²) in [5, 5.41) is 0. The van der Waals surface area contributed by atoms with Crippen molar-refractivity contribution in [3.63, 3.8) is 0 Å². The Kier molecular flexibility index (Phi) is 6.81. The summed E-state index contributed by atoms with van der Waals surface area (Å²) in [6.45, 7) is 13.8. The molecule has 0 saturated carbocycles. The molecular formula is C23H27NO2S. The van der Waals surface area contributed by atoms with Gasteiger partial charge in [0.05, 0.1) is 4.90 Å². The number of hydrogen-bond donors (Lipinski definition) is 1. The van der Waals surface area contributed by atoms with Crippen LogP contribution in [0, 0.1) is 6.92 Å². The molecule has 27 heavy (non-hydrogen) atoms. The molecule has 2 aromatic rings. The molecule has 0 saturated heterocycles. The normalized spacial score (nSPS) is 12.7. The van der Waals surface area contributed by atoms with Crippen LogP contribution in [0.25, 0.3) is 6.08 Å². The van der Waals surface area contributed by atoms with E-state index in [0.717, 1.165) is 11.1 Å². The van der Waals surface area contributed by atoms with Crippen molar-refractivity contribution in [2.45, 2.75) is 38.0 Å². The first-order valence-electron chi connectivity index (χ1n) is 8.92. The van der Waals surface area contributed by atoms with Crippen molar-refractivity contribution in [2.75, 3.05) is 0 Å². The van der Waals surface area contributed by atoms with E-state index in [-0.39, 0.29) is 10.8 Å². The zero-order chi connectivity index (χ0) is 20.0. The second kappa shape index (κ2) is 8.87. The van der Waals surface area contributed by atoms with E-state index in [1.54, 1.807) is 18.2 Å². The monoisotopic (exact) mass is 381 g/mol. The molecular weight excluding hydrogens is 354 g/mol. The molecule has 1 atom stereocenters. The second-order valence-corrected chi connectivity index (χ2v) is 8.40. The van der Waals surface area contributed by atoms with E-state index in [9.17, 15) is 8.42 Å². The van der Waals surface area contributed by atoms with Gasteiger partial charge in [-0.15, -0.1) is 0 Å². The van der Waals surface area contributed by atoms with Gasteiger partial charge in [-0.05, 0) is 60.6 Å². The van der Waals surface area contributed by atoms with E-state index >= 15 is 0 Å². The average Bonchev–Trinajstić information content (AvgIpc) is 2.63. The minimum Gasteiger partial charge on any atom is -0.280 e. The van der Waals surface area contributed by atoms with Gasteiger partial charge in [0.25, 0.3) is 10.0 Å². The Bertz CT molecular complexity index is 957. The molecule has 0 radical (unpaired) electrons. The molecule has 0 bridgehead atoms. The van der Waals surface area contributed by atoms with Crippen LogP contribution in [-0.2, 0) is 10.0 Å². The van der Waals surface area contributed by atoms with Crippen molar-refractivity contribution < 1.29 is 8.42 Å². The number of nitrogens with one attached hydrogen (secondary N) is 1. The van der Waals surface area contributed by atoms with Crippen molar-refractivity contribution in [3.8, 4) is 0 Å². The molecule has 0 aliphatic carbocycles. The lowest BCUT2D eigenvalue weighted by Gasteiger charge is -2.17. The van der Waals surface area contributed by atoms with E-state index < -0.39 is 10.0 Å². The van der Waals surface area contributed by atoms with Crippen LogP contribution in [0.2, 0.25) is 0 Å². The first kappa shape index (κ1) is 20.7. The third kappa shape index (κ3) is 5.44. The van der Waals surface area contributed by atoms with E-state index in [2.05, 4.69) is 36.9 Å². The van der Waals surface area contributed by atoms with Crippen LogP contribution in [0.4, 0.5) is 0 Å². The number of benzene rings is 2. The Morgan fingerprint density at radius 2 is 1.81 bits per heavy atom. The number of allylic oxidation sites excluding steroid dienone is 2. The standard InChI is InChI=1S/C23H27NO2S/c1-6-10-21-13-14-23(16-19(21)4)27(25,26)24-20(5)17(2)15-18(3)22-11-8-7-9-12-22/h6-14,16,18,24H,2,5,15H2,1,3-4H3. The number of aryl methyl sites for hydroxylation is 1. The molecule has 0 amide bonds. The smallest absolute Gasteiger partial charge is 0.261 e. The van der Waals surface area contributed by atoms with Crippen molar-refractivity contribution in [1.82, 2.24) is 4.72 Å². The average molecular weight is 382 g/mol. The second-order valence-electron chi connectivity index (χ2n) is 6.72. The Hall–Kier alpha value is -2.59. The lowest BCUT2D eigenvalue weighted by atomic mass is 9.93. The molecule has 142 valence electrons.